The molecule has 1 saturated heterocycles. The van der Waals surface area contributed by atoms with Crippen molar-refractivity contribution in [1.82, 2.24) is 9.88 Å². The molecule has 0 spiro atoms. The van der Waals surface area contributed by atoms with Crippen LogP contribution in [0.4, 0.5) is 0 Å². The minimum Gasteiger partial charge on any atom is -0.423 e. The van der Waals surface area contributed by atoms with Gasteiger partial charge in [0, 0.05) is 11.6 Å². The summed E-state index contributed by atoms with van der Waals surface area (Å²) < 4.78 is 5.59. The molecule has 3 fully saturated rings. The number of esters is 1. The molecule has 2 amide bonds. The molecule has 6 heteroatoms. The van der Waals surface area contributed by atoms with E-state index >= 15 is 0 Å². The number of hydrogen-bond donors (Lipinski definition) is 0. The van der Waals surface area contributed by atoms with Gasteiger partial charge in [-0.1, -0.05) is 30.4 Å². The molecule has 0 N–H and O–H groups in total. The van der Waals surface area contributed by atoms with E-state index in [-0.39, 0.29) is 35.5 Å². The second kappa shape index (κ2) is 5.75. The van der Waals surface area contributed by atoms with Gasteiger partial charge < -0.3 is 4.74 Å². The number of allylic oxidation sites excluding steroid dienone is 2. The Morgan fingerprint density at radius 2 is 1.72 bits per heavy atom. The molecule has 5 aliphatic rings. The van der Waals surface area contributed by atoms with Crippen LogP contribution in [-0.2, 0) is 14.4 Å². The van der Waals surface area contributed by atoms with Crippen molar-refractivity contribution in [3.63, 3.8) is 0 Å². The number of para-hydroxylation sites is 1. The topological polar surface area (TPSA) is 76.6 Å². The van der Waals surface area contributed by atoms with Crippen LogP contribution in [0, 0.1) is 35.5 Å². The number of aromatic nitrogens is 1. The Hall–Kier alpha value is -3.02. The Morgan fingerprint density at radius 3 is 2.41 bits per heavy atom. The molecular weight excluding hydrogens is 368 g/mol. The molecule has 29 heavy (non-hydrogen) atoms. The maximum absolute atomic E-state index is 13.2. The Morgan fingerprint density at radius 1 is 1.07 bits per heavy atom. The first-order valence-corrected chi connectivity index (χ1v) is 10.2. The van der Waals surface area contributed by atoms with E-state index in [0.717, 1.165) is 16.7 Å². The first kappa shape index (κ1) is 16.9. The van der Waals surface area contributed by atoms with E-state index in [4.69, 9.17) is 4.74 Å². The van der Waals surface area contributed by atoms with Gasteiger partial charge in [0.05, 0.1) is 11.8 Å². The number of benzene rings is 1. The first-order chi connectivity index (χ1) is 14.1. The molecule has 1 aromatic heterocycles. The standard InChI is InChI=1S/C23H20N2O4/c1-11(23(28)29-17-6-2-4-12-5-3-9-24-20(12)17)25-21(26)18-13-7-8-14(16-10-15(13)16)19(18)22(25)27/h2-9,11,13-16,18-19H,10H2,1H3. The number of fused-ring (bicyclic) bond motifs is 1. The number of amides is 2. The van der Waals surface area contributed by atoms with Crippen molar-refractivity contribution in [2.45, 2.75) is 19.4 Å². The van der Waals surface area contributed by atoms with Gasteiger partial charge in [-0.3, -0.25) is 19.5 Å². The summed E-state index contributed by atoms with van der Waals surface area (Å²) in [4.78, 5) is 44.7. The third-order valence-electron chi connectivity index (χ3n) is 7.23. The lowest BCUT2D eigenvalue weighted by atomic mass is 9.63. The van der Waals surface area contributed by atoms with Crippen molar-refractivity contribution >= 4 is 28.7 Å². The van der Waals surface area contributed by atoms with Gasteiger partial charge in [0.2, 0.25) is 11.8 Å². The largest absolute Gasteiger partial charge is 0.423 e. The van der Waals surface area contributed by atoms with Gasteiger partial charge in [0.15, 0.2) is 5.75 Å². The number of imide groups is 1. The number of carbonyl (C=O) groups excluding carboxylic acids is 3. The number of likely N-dealkylation sites (tertiary alicyclic amines) is 1. The molecule has 1 aliphatic heterocycles. The van der Waals surface area contributed by atoms with Gasteiger partial charge in [-0.2, -0.15) is 0 Å². The Labute approximate surface area is 167 Å². The molecule has 7 rings (SSSR count). The average Bonchev–Trinajstić information content (AvgIpc) is 3.51. The van der Waals surface area contributed by atoms with Crippen LogP contribution in [0.2, 0.25) is 0 Å². The fourth-order valence-corrected chi connectivity index (χ4v) is 5.82. The highest BCUT2D eigenvalue weighted by Crippen LogP contribution is 2.65. The molecule has 4 aliphatic carbocycles. The van der Waals surface area contributed by atoms with Crippen LogP contribution in [0.1, 0.15) is 13.3 Å². The van der Waals surface area contributed by atoms with Gasteiger partial charge in [-0.15, -0.1) is 0 Å². The van der Waals surface area contributed by atoms with Crippen LogP contribution in [0.3, 0.4) is 0 Å². The zero-order chi connectivity index (χ0) is 19.9. The molecule has 1 aromatic carbocycles. The van der Waals surface area contributed by atoms with E-state index in [0.29, 0.717) is 23.1 Å². The molecule has 146 valence electrons. The number of rotatable bonds is 3. The maximum Gasteiger partial charge on any atom is 0.334 e. The molecule has 0 radical (unpaired) electrons. The molecule has 2 aromatic rings. The van der Waals surface area contributed by atoms with Crippen LogP contribution in [0.5, 0.6) is 5.75 Å². The quantitative estimate of drug-likeness (QED) is 0.350. The Kier molecular flexibility index (Phi) is 3.35. The molecule has 2 heterocycles. The van der Waals surface area contributed by atoms with Gasteiger partial charge in [-0.05, 0) is 49.1 Å². The number of ether oxygens (including phenoxy) is 1. The average molecular weight is 388 g/mol. The summed E-state index contributed by atoms with van der Waals surface area (Å²) in [6, 6.07) is 8.08. The summed E-state index contributed by atoms with van der Waals surface area (Å²) in [7, 11) is 0. The normalized spacial score (nSPS) is 34.9. The minimum atomic E-state index is -0.963. The zero-order valence-electron chi connectivity index (χ0n) is 15.9. The SMILES string of the molecule is CC(C(=O)Oc1cccc2cccnc12)N1C(=O)C2C3C=CC(C4CC34)C2C1=O. The van der Waals surface area contributed by atoms with E-state index in [1.807, 2.05) is 18.2 Å². The summed E-state index contributed by atoms with van der Waals surface area (Å²) >= 11 is 0. The Bertz CT molecular complexity index is 1070. The van der Waals surface area contributed by atoms with Crippen molar-refractivity contribution < 1.29 is 19.1 Å². The third-order valence-corrected chi connectivity index (χ3v) is 7.23. The second-order valence-corrected chi connectivity index (χ2v) is 8.63. The van der Waals surface area contributed by atoms with Gasteiger partial charge >= 0.3 is 5.97 Å². The van der Waals surface area contributed by atoms with Crippen molar-refractivity contribution in [3.05, 3.63) is 48.7 Å². The van der Waals surface area contributed by atoms with E-state index in [9.17, 15) is 14.4 Å². The smallest absolute Gasteiger partial charge is 0.334 e. The van der Waals surface area contributed by atoms with Gasteiger partial charge in [0.25, 0.3) is 0 Å². The lowest BCUT2D eigenvalue weighted by molar-refractivity contribution is -0.152. The van der Waals surface area contributed by atoms with Crippen LogP contribution in [0.25, 0.3) is 10.9 Å². The summed E-state index contributed by atoms with van der Waals surface area (Å²) in [6.07, 6.45) is 7.00. The van der Waals surface area contributed by atoms with E-state index in [1.54, 1.807) is 25.3 Å². The fourth-order valence-electron chi connectivity index (χ4n) is 5.82. The highest BCUT2D eigenvalue weighted by atomic mass is 16.5. The molecule has 7 atom stereocenters. The monoisotopic (exact) mass is 388 g/mol. The molecular formula is C23H20N2O4. The third kappa shape index (κ3) is 2.23. The summed E-state index contributed by atoms with van der Waals surface area (Å²) in [5, 5.41) is 0.853. The lowest BCUT2D eigenvalue weighted by Crippen LogP contribution is -2.45. The van der Waals surface area contributed by atoms with Crippen LogP contribution in [-0.4, -0.2) is 33.7 Å². The number of pyridine rings is 1. The molecule has 2 bridgehead atoms. The van der Waals surface area contributed by atoms with Crippen molar-refractivity contribution in [1.29, 1.82) is 0 Å². The summed E-state index contributed by atoms with van der Waals surface area (Å²) in [5.74, 6) is 0.0121. The molecule has 2 saturated carbocycles. The van der Waals surface area contributed by atoms with Crippen LogP contribution < -0.4 is 4.74 Å². The zero-order valence-corrected chi connectivity index (χ0v) is 15.9. The van der Waals surface area contributed by atoms with E-state index in [1.165, 1.54) is 0 Å². The highest BCUT2D eigenvalue weighted by Gasteiger charge is 2.67. The molecule has 6 nitrogen and oxygen atoms in total. The van der Waals surface area contributed by atoms with Gasteiger partial charge in [0.1, 0.15) is 11.6 Å². The van der Waals surface area contributed by atoms with Crippen LogP contribution >= 0.6 is 0 Å². The van der Waals surface area contributed by atoms with Crippen molar-refractivity contribution in [2.75, 3.05) is 0 Å². The summed E-state index contributed by atoms with van der Waals surface area (Å²) in [5.41, 5.74) is 0.575. The predicted molar refractivity (Wildman–Crippen MR) is 103 cm³/mol. The predicted octanol–water partition coefficient (Wildman–Crippen LogP) is 2.58. The fraction of sp³-hybridized carbons (Fsp3) is 0.391. The van der Waals surface area contributed by atoms with E-state index in [2.05, 4.69) is 17.1 Å². The number of nitrogens with zero attached hydrogens (tertiary/aromatic N) is 2. The molecule has 7 unspecified atom stereocenters. The lowest BCUT2D eigenvalue weighted by Gasteiger charge is -2.37. The van der Waals surface area contributed by atoms with Crippen LogP contribution in [0.15, 0.2) is 48.7 Å². The highest BCUT2D eigenvalue weighted by molar-refractivity contribution is 6.09. The van der Waals surface area contributed by atoms with E-state index < -0.39 is 12.0 Å². The van der Waals surface area contributed by atoms with Crippen molar-refractivity contribution in [3.8, 4) is 5.75 Å². The first-order valence-electron chi connectivity index (χ1n) is 10.2. The Balaban J connectivity index is 1.27. The summed E-state index contributed by atoms with van der Waals surface area (Å²) in [6.45, 7) is 1.57. The van der Waals surface area contributed by atoms with Crippen molar-refractivity contribution in [2.24, 2.45) is 35.5 Å². The van der Waals surface area contributed by atoms with Gasteiger partial charge in [-0.25, -0.2) is 4.79 Å². The second-order valence-electron chi connectivity index (χ2n) is 8.63. The number of carbonyl (C=O) groups is 3. The maximum atomic E-state index is 13.2. The number of hydrogen-bond acceptors (Lipinski definition) is 5. The minimum absolute atomic E-state index is 0.141.